The van der Waals surface area contributed by atoms with E-state index < -0.39 is 0 Å². The smallest absolute Gasteiger partial charge is 0.258 e. The van der Waals surface area contributed by atoms with Gasteiger partial charge in [0.1, 0.15) is 10.4 Å². The molecule has 0 aliphatic rings. The van der Waals surface area contributed by atoms with Gasteiger partial charge in [-0.25, -0.2) is 9.37 Å². The summed E-state index contributed by atoms with van der Waals surface area (Å²) < 4.78 is 13.8. The zero-order chi connectivity index (χ0) is 13.8. The number of anilines is 1. The topological polar surface area (TPSA) is 33.2 Å². The Labute approximate surface area is 119 Å². The third-order valence-electron chi connectivity index (χ3n) is 2.65. The minimum absolute atomic E-state index is 0.184. The van der Waals surface area contributed by atoms with E-state index in [9.17, 15) is 9.18 Å². The molecule has 3 nitrogen and oxygen atoms in total. The fourth-order valence-corrected chi connectivity index (χ4v) is 2.14. The summed E-state index contributed by atoms with van der Waals surface area (Å²) in [6.45, 7) is 2.31. The maximum absolute atomic E-state index is 13.2. The Kier molecular flexibility index (Phi) is 4.27. The van der Waals surface area contributed by atoms with E-state index >= 15 is 0 Å². The van der Waals surface area contributed by atoms with Crippen LogP contribution in [0.1, 0.15) is 17.3 Å². The molecule has 0 aliphatic heterocycles. The lowest BCUT2D eigenvalue weighted by Crippen LogP contribution is -2.30. The van der Waals surface area contributed by atoms with E-state index in [1.807, 2.05) is 6.92 Å². The Hall–Kier alpha value is -1.75. The third kappa shape index (κ3) is 3.17. The second kappa shape index (κ2) is 5.93. The van der Waals surface area contributed by atoms with Gasteiger partial charge in [-0.05, 0) is 53.2 Å². The molecule has 1 aromatic heterocycles. The lowest BCUT2D eigenvalue weighted by Gasteiger charge is -2.21. The van der Waals surface area contributed by atoms with Crippen LogP contribution in [-0.2, 0) is 0 Å². The Balaban J connectivity index is 2.34. The monoisotopic (exact) mass is 322 g/mol. The lowest BCUT2D eigenvalue weighted by atomic mass is 10.2. The molecule has 0 N–H and O–H groups in total. The highest BCUT2D eigenvalue weighted by Crippen LogP contribution is 2.19. The van der Waals surface area contributed by atoms with Gasteiger partial charge in [0.05, 0.1) is 0 Å². The minimum Gasteiger partial charge on any atom is -0.309 e. The van der Waals surface area contributed by atoms with Crippen molar-refractivity contribution in [1.29, 1.82) is 0 Å². The highest BCUT2D eigenvalue weighted by Gasteiger charge is 2.16. The highest BCUT2D eigenvalue weighted by atomic mass is 79.9. The molecule has 1 amide bonds. The molecule has 1 heterocycles. The van der Waals surface area contributed by atoms with Crippen LogP contribution in [0.25, 0.3) is 0 Å². The number of hydrogen-bond acceptors (Lipinski definition) is 2. The maximum Gasteiger partial charge on any atom is 0.258 e. The van der Waals surface area contributed by atoms with Gasteiger partial charge in [0, 0.05) is 24.0 Å². The maximum atomic E-state index is 13.2. The van der Waals surface area contributed by atoms with Crippen molar-refractivity contribution in [2.24, 2.45) is 0 Å². The number of aromatic nitrogens is 1. The Bertz CT molecular complexity index is 604. The van der Waals surface area contributed by atoms with Crippen molar-refractivity contribution in [2.75, 3.05) is 11.4 Å². The van der Waals surface area contributed by atoms with Gasteiger partial charge in [-0.1, -0.05) is 6.07 Å². The summed E-state index contributed by atoms with van der Waals surface area (Å²) in [6.07, 6.45) is 1.55. The van der Waals surface area contributed by atoms with Crippen molar-refractivity contribution >= 4 is 27.5 Å². The summed E-state index contributed by atoms with van der Waals surface area (Å²) in [5, 5.41) is 0. The number of rotatable bonds is 3. The van der Waals surface area contributed by atoms with E-state index in [0.717, 1.165) is 0 Å². The molecule has 0 atom stereocenters. The van der Waals surface area contributed by atoms with Crippen molar-refractivity contribution < 1.29 is 9.18 Å². The van der Waals surface area contributed by atoms with Gasteiger partial charge in [0.25, 0.3) is 5.91 Å². The SMILES string of the molecule is CCN(C(=O)c1ccnc(Br)c1)c1cccc(F)c1. The summed E-state index contributed by atoms with van der Waals surface area (Å²) in [6, 6.07) is 9.27. The van der Waals surface area contributed by atoms with E-state index in [1.165, 1.54) is 17.0 Å². The minimum atomic E-state index is -0.361. The molecule has 5 heteroatoms. The first-order valence-corrected chi connectivity index (χ1v) is 6.60. The van der Waals surface area contributed by atoms with Gasteiger partial charge in [-0.15, -0.1) is 0 Å². The summed E-state index contributed by atoms with van der Waals surface area (Å²) in [5.74, 6) is -0.546. The van der Waals surface area contributed by atoms with Gasteiger partial charge >= 0.3 is 0 Å². The second-order valence-electron chi connectivity index (χ2n) is 3.90. The predicted molar refractivity (Wildman–Crippen MR) is 75.7 cm³/mol. The molecule has 2 aromatic rings. The summed E-state index contributed by atoms with van der Waals surface area (Å²) in [5.41, 5.74) is 1.05. The van der Waals surface area contributed by atoms with Gasteiger partial charge in [-0.2, -0.15) is 0 Å². The van der Waals surface area contributed by atoms with Gasteiger partial charge in [-0.3, -0.25) is 4.79 Å². The van der Waals surface area contributed by atoms with Crippen LogP contribution >= 0.6 is 15.9 Å². The fraction of sp³-hybridized carbons (Fsp3) is 0.143. The van der Waals surface area contributed by atoms with E-state index in [0.29, 0.717) is 22.4 Å². The van der Waals surface area contributed by atoms with Crippen molar-refractivity contribution in [2.45, 2.75) is 6.92 Å². The molecule has 0 spiro atoms. The average molecular weight is 323 g/mol. The number of nitrogens with zero attached hydrogens (tertiary/aromatic N) is 2. The van der Waals surface area contributed by atoms with Crippen LogP contribution in [0.15, 0.2) is 47.2 Å². The number of carbonyl (C=O) groups excluding carboxylic acids is 1. The van der Waals surface area contributed by atoms with E-state index in [1.54, 1.807) is 30.5 Å². The third-order valence-corrected chi connectivity index (χ3v) is 3.09. The number of halogens is 2. The molecule has 0 aliphatic carbocycles. The molecule has 0 fully saturated rings. The normalized spacial score (nSPS) is 10.3. The summed E-state index contributed by atoms with van der Waals surface area (Å²) in [4.78, 5) is 17.9. The molecule has 19 heavy (non-hydrogen) atoms. The molecule has 0 saturated carbocycles. The van der Waals surface area contributed by atoms with Crippen LogP contribution in [0.4, 0.5) is 10.1 Å². The van der Waals surface area contributed by atoms with Crippen molar-refractivity contribution in [3.05, 3.63) is 58.6 Å². The molecule has 0 unspecified atom stereocenters. The van der Waals surface area contributed by atoms with Crippen LogP contribution in [0.3, 0.4) is 0 Å². The molecule has 0 saturated heterocycles. The lowest BCUT2D eigenvalue weighted by molar-refractivity contribution is 0.0988. The first-order chi connectivity index (χ1) is 9.11. The molecule has 0 radical (unpaired) electrons. The number of pyridine rings is 1. The van der Waals surface area contributed by atoms with Gasteiger partial charge < -0.3 is 4.90 Å². The fourth-order valence-electron chi connectivity index (χ4n) is 1.78. The van der Waals surface area contributed by atoms with Crippen LogP contribution in [0, 0.1) is 5.82 Å². The number of amides is 1. The van der Waals surface area contributed by atoms with Crippen molar-refractivity contribution in [1.82, 2.24) is 4.98 Å². The number of carbonyl (C=O) groups is 1. The van der Waals surface area contributed by atoms with E-state index in [4.69, 9.17) is 0 Å². The number of benzene rings is 1. The van der Waals surface area contributed by atoms with Crippen LogP contribution in [0.2, 0.25) is 0 Å². The highest BCUT2D eigenvalue weighted by molar-refractivity contribution is 9.10. The van der Waals surface area contributed by atoms with Gasteiger partial charge in [0.2, 0.25) is 0 Å². The average Bonchev–Trinajstić information content (AvgIpc) is 2.39. The molecule has 1 aromatic carbocycles. The predicted octanol–water partition coefficient (Wildman–Crippen LogP) is 3.65. The zero-order valence-corrected chi connectivity index (χ0v) is 11.9. The second-order valence-corrected chi connectivity index (χ2v) is 4.71. The summed E-state index contributed by atoms with van der Waals surface area (Å²) >= 11 is 3.23. The van der Waals surface area contributed by atoms with Crippen molar-refractivity contribution in [3.63, 3.8) is 0 Å². The first-order valence-electron chi connectivity index (χ1n) is 5.81. The van der Waals surface area contributed by atoms with Crippen LogP contribution in [-0.4, -0.2) is 17.4 Å². The molecule has 98 valence electrons. The Morgan fingerprint density at radius 2 is 2.16 bits per heavy atom. The summed E-state index contributed by atoms with van der Waals surface area (Å²) in [7, 11) is 0. The molecule has 0 bridgehead atoms. The van der Waals surface area contributed by atoms with Crippen LogP contribution in [0.5, 0.6) is 0 Å². The van der Waals surface area contributed by atoms with Gasteiger partial charge in [0.15, 0.2) is 0 Å². The first kappa shape index (κ1) is 13.7. The quantitative estimate of drug-likeness (QED) is 0.808. The van der Waals surface area contributed by atoms with E-state index in [-0.39, 0.29) is 11.7 Å². The standard InChI is InChI=1S/C14H12BrFN2O/c1-2-18(12-5-3-4-11(16)9-12)14(19)10-6-7-17-13(15)8-10/h3-9H,2H2,1H3. The van der Waals surface area contributed by atoms with Crippen molar-refractivity contribution in [3.8, 4) is 0 Å². The molecular formula is C14H12BrFN2O. The van der Waals surface area contributed by atoms with E-state index in [2.05, 4.69) is 20.9 Å². The Morgan fingerprint density at radius 3 is 2.79 bits per heavy atom. The molecular weight excluding hydrogens is 311 g/mol. The van der Waals surface area contributed by atoms with Crippen LogP contribution < -0.4 is 4.90 Å². The zero-order valence-electron chi connectivity index (χ0n) is 10.3. The largest absolute Gasteiger partial charge is 0.309 e. The Morgan fingerprint density at radius 1 is 1.37 bits per heavy atom. The number of hydrogen-bond donors (Lipinski definition) is 0. The molecule has 2 rings (SSSR count).